The fourth-order valence-corrected chi connectivity index (χ4v) is 1.25. The normalized spacial score (nSPS) is 12.5. The van der Waals surface area contributed by atoms with Crippen LogP contribution >= 0.6 is 0 Å². The highest BCUT2D eigenvalue weighted by molar-refractivity contribution is 5.22. The molecule has 0 radical (unpaired) electrons. The summed E-state index contributed by atoms with van der Waals surface area (Å²) in [7, 11) is 0. The van der Waals surface area contributed by atoms with Gasteiger partial charge in [0.2, 0.25) is 0 Å². The second-order valence-corrected chi connectivity index (χ2v) is 3.35. The smallest absolute Gasteiger partial charge is 0.194 e. The maximum Gasteiger partial charge on any atom is 0.194 e. The van der Waals surface area contributed by atoms with Crippen LogP contribution in [0.5, 0.6) is 0 Å². The van der Waals surface area contributed by atoms with Gasteiger partial charge in [0, 0.05) is 19.1 Å². The average Bonchev–Trinajstić information content (AvgIpc) is 2.25. The topological polar surface area (TPSA) is 38.0 Å². The molecule has 1 aromatic carbocycles. The lowest BCUT2D eigenvalue weighted by atomic mass is 10.1. The third kappa shape index (κ3) is 3.08. The molecule has 2 nitrogen and oxygen atoms in total. The van der Waals surface area contributed by atoms with Crippen molar-refractivity contribution in [2.45, 2.75) is 6.04 Å². The van der Waals surface area contributed by atoms with Gasteiger partial charge < -0.3 is 11.1 Å². The van der Waals surface area contributed by atoms with Gasteiger partial charge in [0.15, 0.2) is 17.5 Å². The zero-order valence-electron chi connectivity index (χ0n) is 8.64. The van der Waals surface area contributed by atoms with E-state index < -0.39 is 23.5 Å². The molecule has 1 atom stereocenters. The van der Waals surface area contributed by atoms with E-state index in [1.807, 2.05) is 0 Å². The van der Waals surface area contributed by atoms with E-state index in [1.54, 1.807) is 6.08 Å². The molecule has 88 valence electrons. The predicted molar refractivity (Wildman–Crippen MR) is 56.3 cm³/mol. The summed E-state index contributed by atoms with van der Waals surface area (Å²) in [6.45, 7) is 4.37. The van der Waals surface area contributed by atoms with Crippen molar-refractivity contribution in [3.63, 3.8) is 0 Å². The highest BCUT2D eigenvalue weighted by atomic mass is 19.2. The van der Waals surface area contributed by atoms with Crippen LogP contribution in [0, 0.1) is 17.5 Å². The van der Waals surface area contributed by atoms with Crippen LogP contribution in [0.1, 0.15) is 11.6 Å². The lowest BCUT2D eigenvalue weighted by Gasteiger charge is -2.12. The van der Waals surface area contributed by atoms with E-state index >= 15 is 0 Å². The molecular formula is C11H13F3N2. The lowest BCUT2D eigenvalue weighted by Crippen LogP contribution is -2.27. The van der Waals surface area contributed by atoms with Gasteiger partial charge in [-0.3, -0.25) is 0 Å². The highest BCUT2D eigenvalue weighted by Crippen LogP contribution is 2.17. The monoisotopic (exact) mass is 230 g/mol. The van der Waals surface area contributed by atoms with Crippen molar-refractivity contribution in [1.82, 2.24) is 5.32 Å². The third-order valence-corrected chi connectivity index (χ3v) is 2.09. The van der Waals surface area contributed by atoms with Gasteiger partial charge in [0.25, 0.3) is 0 Å². The lowest BCUT2D eigenvalue weighted by molar-refractivity contribution is 0.443. The van der Waals surface area contributed by atoms with Crippen LogP contribution < -0.4 is 11.1 Å². The number of halogens is 3. The fourth-order valence-electron chi connectivity index (χ4n) is 1.25. The van der Waals surface area contributed by atoms with Crippen molar-refractivity contribution in [2.75, 3.05) is 13.1 Å². The Kier molecular flexibility index (Phi) is 4.52. The SMILES string of the molecule is C=CCNCC(N)c1cc(F)c(F)c(F)c1. The molecule has 0 amide bonds. The zero-order chi connectivity index (χ0) is 12.1. The number of hydrogen-bond donors (Lipinski definition) is 2. The Labute approximate surface area is 92.0 Å². The second-order valence-electron chi connectivity index (χ2n) is 3.35. The summed E-state index contributed by atoms with van der Waals surface area (Å²) in [4.78, 5) is 0. The Bertz CT molecular complexity index is 356. The Balaban J connectivity index is 2.75. The maximum absolute atomic E-state index is 12.9. The summed E-state index contributed by atoms with van der Waals surface area (Å²) >= 11 is 0. The molecule has 0 aromatic heterocycles. The molecule has 3 N–H and O–H groups in total. The molecule has 0 spiro atoms. The molecule has 0 bridgehead atoms. The first kappa shape index (κ1) is 12.7. The van der Waals surface area contributed by atoms with E-state index in [0.29, 0.717) is 13.1 Å². The molecule has 0 saturated carbocycles. The number of hydrogen-bond acceptors (Lipinski definition) is 2. The first-order valence-corrected chi connectivity index (χ1v) is 4.78. The Morgan fingerprint density at radius 3 is 2.38 bits per heavy atom. The summed E-state index contributed by atoms with van der Waals surface area (Å²) in [5.41, 5.74) is 5.89. The summed E-state index contributed by atoms with van der Waals surface area (Å²) < 4.78 is 38.4. The molecule has 1 aromatic rings. The van der Waals surface area contributed by atoms with Crippen LogP contribution in [-0.4, -0.2) is 13.1 Å². The molecule has 0 aliphatic rings. The van der Waals surface area contributed by atoms with Crippen molar-refractivity contribution < 1.29 is 13.2 Å². The van der Waals surface area contributed by atoms with Crippen LogP contribution in [0.25, 0.3) is 0 Å². The maximum atomic E-state index is 12.9. The average molecular weight is 230 g/mol. The van der Waals surface area contributed by atoms with Gasteiger partial charge in [0.05, 0.1) is 0 Å². The minimum Gasteiger partial charge on any atom is -0.323 e. The molecule has 0 aliphatic carbocycles. The largest absolute Gasteiger partial charge is 0.323 e. The molecule has 0 heterocycles. The van der Waals surface area contributed by atoms with E-state index in [9.17, 15) is 13.2 Å². The third-order valence-electron chi connectivity index (χ3n) is 2.09. The van der Waals surface area contributed by atoms with E-state index in [2.05, 4.69) is 11.9 Å². The number of nitrogens with two attached hydrogens (primary N) is 1. The van der Waals surface area contributed by atoms with Crippen molar-refractivity contribution in [3.05, 3.63) is 47.8 Å². The zero-order valence-corrected chi connectivity index (χ0v) is 8.64. The highest BCUT2D eigenvalue weighted by Gasteiger charge is 2.14. The first-order chi connectivity index (χ1) is 7.56. The van der Waals surface area contributed by atoms with E-state index in [-0.39, 0.29) is 5.56 Å². The Morgan fingerprint density at radius 1 is 1.31 bits per heavy atom. The Hall–Kier alpha value is -1.33. The van der Waals surface area contributed by atoms with Crippen molar-refractivity contribution in [3.8, 4) is 0 Å². The van der Waals surface area contributed by atoms with E-state index in [4.69, 9.17) is 5.73 Å². The van der Waals surface area contributed by atoms with Gasteiger partial charge in [-0.15, -0.1) is 6.58 Å². The van der Waals surface area contributed by atoms with Gasteiger partial charge in [-0.2, -0.15) is 0 Å². The fraction of sp³-hybridized carbons (Fsp3) is 0.273. The molecule has 16 heavy (non-hydrogen) atoms. The molecular weight excluding hydrogens is 217 g/mol. The quantitative estimate of drug-likeness (QED) is 0.460. The summed E-state index contributed by atoms with van der Waals surface area (Å²) in [6.07, 6.45) is 1.64. The van der Waals surface area contributed by atoms with Crippen LogP contribution in [0.3, 0.4) is 0 Å². The number of benzene rings is 1. The van der Waals surface area contributed by atoms with Gasteiger partial charge in [0.1, 0.15) is 0 Å². The summed E-state index contributed by atoms with van der Waals surface area (Å²) in [5.74, 6) is -3.93. The van der Waals surface area contributed by atoms with Gasteiger partial charge in [-0.1, -0.05) is 6.08 Å². The Morgan fingerprint density at radius 2 is 1.88 bits per heavy atom. The van der Waals surface area contributed by atoms with Gasteiger partial charge >= 0.3 is 0 Å². The second kappa shape index (κ2) is 5.67. The van der Waals surface area contributed by atoms with Gasteiger partial charge in [-0.05, 0) is 17.7 Å². The molecule has 1 unspecified atom stereocenters. The number of rotatable bonds is 5. The van der Waals surface area contributed by atoms with Crippen molar-refractivity contribution in [2.24, 2.45) is 5.73 Å². The predicted octanol–water partition coefficient (Wildman–Crippen LogP) is 1.88. The van der Waals surface area contributed by atoms with Crippen molar-refractivity contribution in [1.29, 1.82) is 0 Å². The van der Waals surface area contributed by atoms with Crippen LogP contribution in [0.4, 0.5) is 13.2 Å². The van der Waals surface area contributed by atoms with E-state index in [0.717, 1.165) is 12.1 Å². The molecule has 0 aliphatic heterocycles. The summed E-state index contributed by atoms with van der Waals surface area (Å²) in [6, 6.07) is 1.21. The van der Waals surface area contributed by atoms with Crippen LogP contribution in [0.15, 0.2) is 24.8 Å². The van der Waals surface area contributed by atoms with Crippen molar-refractivity contribution >= 4 is 0 Å². The van der Waals surface area contributed by atoms with E-state index in [1.165, 1.54) is 0 Å². The first-order valence-electron chi connectivity index (χ1n) is 4.78. The molecule has 0 fully saturated rings. The molecule has 1 rings (SSSR count). The standard InChI is InChI=1S/C11H13F3N2/c1-2-3-16-6-10(15)7-4-8(12)11(14)9(13)5-7/h2,4-5,10,16H,1,3,6,15H2. The van der Waals surface area contributed by atoms with Gasteiger partial charge in [-0.25, -0.2) is 13.2 Å². The minimum absolute atomic E-state index is 0.216. The number of nitrogens with one attached hydrogen (secondary N) is 1. The van der Waals surface area contributed by atoms with Crippen LogP contribution in [-0.2, 0) is 0 Å². The molecule has 0 saturated heterocycles. The summed E-state index contributed by atoms with van der Waals surface area (Å²) in [5, 5.41) is 2.91. The minimum atomic E-state index is -1.48. The molecule has 5 heteroatoms. The van der Waals surface area contributed by atoms with Crippen LogP contribution in [0.2, 0.25) is 0 Å².